The molecule has 2 N–H and O–H groups in total. The van der Waals surface area contributed by atoms with Crippen molar-refractivity contribution in [3.05, 3.63) is 54.7 Å². The Kier molecular flexibility index (Phi) is 3.48. The summed E-state index contributed by atoms with van der Waals surface area (Å²) in [7, 11) is 0. The predicted molar refractivity (Wildman–Crippen MR) is 75.9 cm³/mol. The summed E-state index contributed by atoms with van der Waals surface area (Å²) in [4.78, 5) is 8.04. The van der Waals surface area contributed by atoms with Gasteiger partial charge in [0.15, 0.2) is 0 Å². The second kappa shape index (κ2) is 5.42. The molecule has 0 bridgehead atoms. The normalized spacial score (nSPS) is 12.7. The Bertz CT molecular complexity index is 636. The monoisotopic (exact) mass is 271 g/mol. The number of para-hydroxylation sites is 1. The average Bonchev–Trinajstić information content (AvgIpc) is 2.90. The first-order chi connectivity index (χ1) is 9.33. The van der Waals surface area contributed by atoms with E-state index in [4.69, 9.17) is 10.2 Å². The van der Waals surface area contributed by atoms with Gasteiger partial charge in [-0.15, -0.1) is 11.8 Å². The molecular formula is C14H13N3OS. The fourth-order valence-corrected chi connectivity index (χ4v) is 2.60. The van der Waals surface area contributed by atoms with Gasteiger partial charge in [0, 0.05) is 17.3 Å². The van der Waals surface area contributed by atoms with Crippen LogP contribution in [-0.4, -0.2) is 15.7 Å². The third kappa shape index (κ3) is 2.77. The number of thioether (sulfide) groups is 1. The molecular weight excluding hydrogens is 258 g/mol. The Hall–Kier alpha value is -1.85. The number of rotatable bonds is 4. The molecule has 0 aliphatic heterocycles. The van der Waals surface area contributed by atoms with E-state index in [0.29, 0.717) is 0 Å². The van der Waals surface area contributed by atoms with E-state index in [1.807, 2.05) is 36.4 Å². The summed E-state index contributed by atoms with van der Waals surface area (Å²) in [5.74, 6) is 1.53. The minimum atomic E-state index is -0.146. The van der Waals surface area contributed by atoms with Gasteiger partial charge in [-0.05, 0) is 18.2 Å². The number of hydrogen-bond donors (Lipinski definition) is 1. The van der Waals surface area contributed by atoms with Gasteiger partial charge in [-0.25, -0.2) is 9.97 Å². The summed E-state index contributed by atoms with van der Waals surface area (Å²) in [6.07, 6.45) is 3.26. The van der Waals surface area contributed by atoms with Crippen LogP contribution in [0, 0.1) is 0 Å². The summed E-state index contributed by atoms with van der Waals surface area (Å²) < 4.78 is 5.75. The third-order valence-electron chi connectivity index (χ3n) is 2.78. The molecule has 19 heavy (non-hydrogen) atoms. The first-order valence-corrected chi connectivity index (χ1v) is 6.94. The zero-order valence-corrected chi connectivity index (χ0v) is 11.0. The molecule has 0 spiro atoms. The van der Waals surface area contributed by atoms with Crippen LogP contribution in [0.15, 0.2) is 58.4 Å². The van der Waals surface area contributed by atoms with Gasteiger partial charge in [-0.1, -0.05) is 18.2 Å². The van der Waals surface area contributed by atoms with E-state index in [1.54, 1.807) is 18.0 Å². The molecule has 0 radical (unpaired) electrons. The predicted octanol–water partition coefficient (Wildman–Crippen LogP) is 3.01. The average molecular weight is 271 g/mol. The van der Waals surface area contributed by atoms with Crippen LogP contribution in [0.5, 0.6) is 0 Å². The highest BCUT2D eigenvalue weighted by Crippen LogP contribution is 2.26. The van der Waals surface area contributed by atoms with Crippen LogP contribution in [0.1, 0.15) is 11.8 Å². The van der Waals surface area contributed by atoms with E-state index < -0.39 is 0 Å². The fraction of sp³-hybridized carbons (Fsp3) is 0.143. The molecule has 4 nitrogen and oxygen atoms in total. The van der Waals surface area contributed by atoms with Gasteiger partial charge in [0.25, 0.3) is 0 Å². The molecule has 1 aromatic carbocycles. The summed E-state index contributed by atoms with van der Waals surface area (Å²) in [5, 5.41) is 2.00. The van der Waals surface area contributed by atoms with E-state index in [9.17, 15) is 0 Å². The van der Waals surface area contributed by atoms with Crippen molar-refractivity contribution >= 4 is 22.7 Å². The summed E-state index contributed by atoms with van der Waals surface area (Å²) in [6.45, 7) is 0. The van der Waals surface area contributed by atoms with E-state index >= 15 is 0 Å². The van der Waals surface area contributed by atoms with E-state index in [1.165, 1.54) is 6.33 Å². The Morgan fingerprint density at radius 3 is 2.95 bits per heavy atom. The zero-order chi connectivity index (χ0) is 13.1. The van der Waals surface area contributed by atoms with Crippen molar-refractivity contribution in [1.82, 2.24) is 9.97 Å². The van der Waals surface area contributed by atoms with Gasteiger partial charge in [-0.3, -0.25) is 0 Å². The summed E-state index contributed by atoms with van der Waals surface area (Å²) in [5.41, 5.74) is 7.02. The largest absolute Gasteiger partial charge is 0.459 e. The number of benzene rings is 1. The highest BCUT2D eigenvalue weighted by Gasteiger charge is 2.12. The molecule has 5 heteroatoms. The topological polar surface area (TPSA) is 64.9 Å². The molecule has 96 valence electrons. The lowest BCUT2D eigenvalue weighted by atomic mass is 10.2. The number of furan rings is 1. The SMILES string of the molecule is NC(CSc1ccncn1)c1cc2ccccc2o1. The highest BCUT2D eigenvalue weighted by atomic mass is 32.2. The Morgan fingerprint density at radius 2 is 2.16 bits per heavy atom. The van der Waals surface area contributed by atoms with Crippen LogP contribution in [0.4, 0.5) is 0 Å². The summed E-state index contributed by atoms with van der Waals surface area (Å²) in [6, 6.07) is 11.6. The van der Waals surface area contributed by atoms with Gasteiger partial charge in [0.05, 0.1) is 11.1 Å². The van der Waals surface area contributed by atoms with Gasteiger partial charge < -0.3 is 10.2 Å². The molecule has 3 aromatic rings. The standard InChI is InChI=1S/C14H13N3OS/c15-11(8-19-14-5-6-16-9-17-14)13-7-10-3-1-2-4-12(10)18-13/h1-7,9,11H,8,15H2. The second-order valence-electron chi connectivity index (χ2n) is 4.15. The molecule has 1 atom stereocenters. The molecule has 0 aliphatic carbocycles. The van der Waals surface area contributed by atoms with E-state index in [2.05, 4.69) is 9.97 Å². The van der Waals surface area contributed by atoms with Crippen molar-refractivity contribution in [3.63, 3.8) is 0 Å². The Labute approximate surface area is 115 Å². The van der Waals surface area contributed by atoms with Gasteiger partial charge >= 0.3 is 0 Å². The number of fused-ring (bicyclic) bond motifs is 1. The van der Waals surface area contributed by atoms with Crippen molar-refractivity contribution in [2.24, 2.45) is 5.73 Å². The van der Waals surface area contributed by atoms with Crippen molar-refractivity contribution in [2.75, 3.05) is 5.75 Å². The molecule has 2 aromatic heterocycles. The molecule has 0 fully saturated rings. The number of hydrogen-bond acceptors (Lipinski definition) is 5. The zero-order valence-electron chi connectivity index (χ0n) is 10.2. The number of nitrogens with zero attached hydrogens (tertiary/aromatic N) is 2. The van der Waals surface area contributed by atoms with E-state index in [0.717, 1.165) is 27.5 Å². The maximum Gasteiger partial charge on any atom is 0.134 e. The highest BCUT2D eigenvalue weighted by molar-refractivity contribution is 7.99. The maximum atomic E-state index is 6.15. The molecule has 0 saturated heterocycles. The van der Waals surface area contributed by atoms with Crippen LogP contribution in [0.25, 0.3) is 11.0 Å². The lowest BCUT2D eigenvalue weighted by Gasteiger charge is -2.07. The van der Waals surface area contributed by atoms with Crippen LogP contribution < -0.4 is 5.73 Å². The van der Waals surface area contributed by atoms with Gasteiger partial charge in [0.2, 0.25) is 0 Å². The fourth-order valence-electron chi connectivity index (χ4n) is 1.81. The first kappa shape index (κ1) is 12.2. The summed E-state index contributed by atoms with van der Waals surface area (Å²) >= 11 is 1.60. The first-order valence-electron chi connectivity index (χ1n) is 5.96. The quantitative estimate of drug-likeness (QED) is 0.583. The molecule has 2 heterocycles. The van der Waals surface area contributed by atoms with Crippen molar-refractivity contribution in [3.8, 4) is 0 Å². The molecule has 1 unspecified atom stereocenters. The second-order valence-corrected chi connectivity index (χ2v) is 5.19. The lowest BCUT2D eigenvalue weighted by Crippen LogP contribution is -2.12. The number of aromatic nitrogens is 2. The smallest absolute Gasteiger partial charge is 0.134 e. The van der Waals surface area contributed by atoms with Crippen LogP contribution >= 0.6 is 11.8 Å². The van der Waals surface area contributed by atoms with Crippen molar-refractivity contribution in [2.45, 2.75) is 11.1 Å². The molecule has 3 rings (SSSR count). The molecule has 0 amide bonds. The van der Waals surface area contributed by atoms with E-state index in [-0.39, 0.29) is 6.04 Å². The van der Waals surface area contributed by atoms with Crippen LogP contribution in [0.2, 0.25) is 0 Å². The number of nitrogens with two attached hydrogens (primary N) is 1. The third-order valence-corrected chi connectivity index (χ3v) is 3.84. The Balaban J connectivity index is 1.71. The maximum absolute atomic E-state index is 6.15. The minimum Gasteiger partial charge on any atom is -0.459 e. The van der Waals surface area contributed by atoms with Crippen molar-refractivity contribution in [1.29, 1.82) is 0 Å². The van der Waals surface area contributed by atoms with Crippen LogP contribution in [-0.2, 0) is 0 Å². The minimum absolute atomic E-state index is 0.146. The molecule has 0 saturated carbocycles. The van der Waals surface area contributed by atoms with Crippen LogP contribution in [0.3, 0.4) is 0 Å². The van der Waals surface area contributed by atoms with Gasteiger partial charge in [-0.2, -0.15) is 0 Å². The Morgan fingerprint density at radius 1 is 1.26 bits per heavy atom. The van der Waals surface area contributed by atoms with Gasteiger partial charge in [0.1, 0.15) is 17.7 Å². The molecule has 0 aliphatic rings. The van der Waals surface area contributed by atoms with Crippen molar-refractivity contribution < 1.29 is 4.42 Å². The lowest BCUT2D eigenvalue weighted by molar-refractivity contribution is 0.516.